The number of hydrogen-bond donors (Lipinski definition) is 3. The molecule has 2 atom stereocenters. The summed E-state index contributed by atoms with van der Waals surface area (Å²) >= 11 is 0. The molecule has 1 aliphatic heterocycles. The number of anilines is 2. The minimum Gasteiger partial charge on any atom is -0.336 e. The number of aromatic nitrogens is 4. The van der Waals surface area contributed by atoms with E-state index in [2.05, 4.69) is 25.3 Å². The fourth-order valence-electron chi connectivity index (χ4n) is 4.35. The molecule has 1 fully saturated rings. The zero-order valence-corrected chi connectivity index (χ0v) is 17.5. The Morgan fingerprint density at radius 2 is 2.10 bits per heavy atom. The highest BCUT2D eigenvalue weighted by Crippen LogP contribution is 2.40. The summed E-state index contributed by atoms with van der Waals surface area (Å²) in [5, 5.41) is 14.4. The molecule has 0 saturated heterocycles. The third-order valence-corrected chi connectivity index (χ3v) is 7.53. The first-order chi connectivity index (χ1) is 14.8. The molecular formula is C20H21FN6O3S. The molecule has 0 amide bonds. The van der Waals surface area contributed by atoms with Crippen molar-refractivity contribution in [1.29, 1.82) is 0 Å². The maximum absolute atomic E-state index is 14.8. The first-order valence-corrected chi connectivity index (χ1v) is 11.5. The highest BCUT2D eigenvalue weighted by molar-refractivity contribution is 7.89. The van der Waals surface area contributed by atoms with Crippen LogP contribution in [0.1, 0.15) is 48.0 Å². The van der Waals surface area contributed by atoms with Gasteiger partial charge in [-0.2, -0.15) is 10.2 Å². The van der Waals surface area contributed by atoms with Crippen LogP contribution in [0.15, 0.2) is 40.2 Å². The van der Waals surface area contributed by atoms with Crippen molar-refractivity contribution < 1.29 is 12.8 Å². The molecule has 5 rings (SSSR count). The summed E-state index contributed by atoms with van der Waals surface area (Å²) in [5.41, 5.74) is 1.79. The van der Waals surface area contributed by atoms with Crippen molar-refractivity contribution in [2.24, 2.45) is 0 Å². The van der Waals surface area contributed by atoms with Crippen molar-refractivity contribution in [2.45, 2.75) is 49.6 Å². The van der Waals surface area contributed by atoms with Crippen LogP contribution in [0.3, 0.4) is 0 Å². The third kappa shape index (κ3) is 3.43. The van der Waals surface area contributed by atoms with Crippen molar-refractivity contribution in [1.82, 2.24) is 24.7 Å². The molecule has 0 bridgehead atoms. The molecule has 0 spiro atoms. The van der Waals surface area contributed by atoms with E-state index >= 15 is 0 Å². The summed E-state index contributed by atoms with van der Waals surface area (Å²) in [5.74, 6) is 0.0138. The maximum atomic E-state index is 14.8. The quantitative estimate of drug-likeness (QED) is 0.568. The van der Waals surface area contributed by atoms with Crippen LogP contribution in [-0.2, 0) is 16.6 Å². The molecule has 3 heterocycles. The van der Waals surface area contributed by atoms with Gasteiger partial charge in [0.15, 0.2) is 11.6 Å². The average Bonchev–Trinajstić information content (AvgIpc) is 3.45. The predicted molar refractivity (Wildman–Crippen MR) is 111 cm³/mol. The molecule has 2 aromatic heterocycles. The lowest BCUT2D eigenvalue weighted by atomic mass is 10.0. The number of aryl methyl sites for hydroxylation is 1. The molecule has 1 aromatic carbocycles. The molecule has 11 heteroatoms. The van der Waals surface area contributed by atoms with Crippen LogP contribution in [0.25, 0.3) is 0 Å². The molecule has 9 nitrogen and oxygen atoms in total. The zero-order valence-electron chi connectivity index (χ0n) is 16.7. The van der Waals surface area contributed by atoms with Gasteiger partial charge in [0.1, 0.15) is 0 Å². The van der Waals surface area contributed by atoms with E-state index in [-0.39, 0.29) is 40.2 Å². The van der Waals surface area contributed by atoms with Crippen molar-refractivity contribution in [2.75, 3.05) is 5.32 Å². The van der Waals surface area contributed by atoms with Gasteiger partial charge in [0, 0.05) is 41.5 Å². The first-order valence-electron chi connectivity index (χ1n) is 10.0. The number of nitrogens with one attached hydrogen (secondary N) is 3. The smallest absolute Gasteiger partial charge is 0.269 e. The van der Waals surface area contributed by atoms with Crippen LogP contribution in [-0.4, -0.2) is 28.4 Å². The Bertz CT molecular complexity index is 1330. The lowest BCUT2D eigenvalue weighted by molar-refractivity contribution is 0.436. The van der Waals surface area contributed by atoms with Crippen molar-refractivity contribution in [3.05, 3.63) is 63.5 Å². The van der Waals surface area contributed by atoms with Crippen LogP contribution in [0.4, 0.5) is 15.9 Å². The van der Waals surface area contributed by atoms with E-state index < -0.39 is 15.8 Å². The summed E-state index contributed by atoms with van der Waals surface area (Å²) < 4.78 is 42.4. The number of sulfonamides is 1. The molecule has 2 unspecified atom stereocenters. The minimum absolute atomic E-state index is 0.0284. The topological polar surface area (TPSA) is 122 Å². The van der Waals surface area contributed by atoms with Gasteiger partial charge in [-0.15, -0.1) is 0 Å². The molecule has 1 saturated carbocycles. The molecule has 1 aliphatic carbocycles. The number of hydrogen-bond acceptors (Lipinski definition) is 6. The lowest BCUT2D eigenvalue weighted by Gasteiger charge is -2.13. The SMILES string of the molecule is Cc1ccnn(C2CCC(c3cc(Nc4ccc5c(c4F)CNS5(=O)=O)n[nH]3)C2)c1=O. The Morgan fingerprint density at radius 3 is 2.94 bits per heavy atom. The number of H-pyrrole nitrogens is 1. The summed E-state index contributed by atoms with van der Waals surface area (Å²) in [6, 6.07) is 6.34. The Kier molecular flexibility index (Phi) is 4.67. The summed E-state index contributed by atoms with van der Waals surface area (Å²) in [7, 11) is -3.63. The van der Waals surface area contributed by atoms with Crippen LogP contribution in [0, 0.1) is 12.7 Å². The van der Waals surface area contributed by atoms with Gasteiger partial charge >= 0.3 is 0 Å². The van der Waals surface area contributed by atoms with Crippen LogP contribution in [0.5, 0.6) is 0 Å². The number of aromatic amines is 1. The molecule has 2 aliphatic rings. The van der Waals surface area contributed by atoms with Crippen molar-refractivity contribution >= 4 is 21.5 Å². The molecular weight excluding hydrogens is 423 g/mol. The second kappa shape index (κ2) is 7.27. The maximum Gasteiger partial charge on any atom is 0.269 e. The van der Waals surface area contributed by atoms with E-state index in [1.807, 2.05) is 6.07 Å². The summed E-state index contributed by atoms with van der Waals surface area (Å²) in [6.07, 6.45) is 4.12. The number of rotatable bonds is 4. The van der Waals surface area contributed by atoms with Crippen molar-refractivity contribution in [3.63, 3.8) is 0 Å². The molecule has 3 N–H and O–H groups in total. The van der Waals surface area contributed by atoms with Gasteiger partial charge in [0.2, 0.25) is 10.0 Å². The second-order valence-corrected chi connectivity index (χ2v) is 9.72. The minimum atomic E-state index is -3.63. The summed E-state index contributed by atoms with van der Waals surface area (Å²) in [6.45, 7) is 1.71. The van der Waals surface area contributed by atoms with Gasteiger partial charge in [-0.1, -0.05) is 0 Å². The first kappa shape index (κ1) is 19.9. The highest BCUT2D eigenvalue weighted by Gasteiger charge is 2.31. The van der Waals surface area contributed by atoms with Gasteiger partial charge in [0.25, 0.3) is 5.56 Å². The van der Waals surface area contributed by atoms with Gasteiger partial charge < -0.3 is 5.32 Å². The average molecular weight is 444 g/mol. The van der Waals surface area contributed by atoms with Crippen LogP contribution < -0.4 is 15.6 Å². The van der Waals surface area contributed by atoms with Crippen molar-refractivity contribution in [3.8, 4) is 0 Å². The van der Waals surface area contributed by atoms with Gasteiger partial charge in [-0.25, -0.2) is 22.2 Å². The number of halogens is 1. The van der Waals surface area contributed by atoms with E-state index in [9.17, 15) is 17.6 Å². The van der Waals surface area contributed by atoms with E-state index in [0.717, 1.165) is 25.0 Å². The standard InChI is InChI=1S/C20H21FN6O3S/c1-11-6-7-22-27(20(11)28)13-3-2-12(8-13)16-9-18(26-25-16)24-15-4-5-17-14(19(15)21)10-23-31(17,29)30/h4-7,9,12-13,23H,2-3,8,10H2,1H3,(H2,24,25,26). The lowest BCUT2D eigenvalue weighted by Crippen LogP contribution is -2.27. The molecule has 162 valence electrons. The zero-order chi connectivity index (χ0) is 21.8. The largest absolute Gasteiger partial charge is 0.336 e. The Morgan fingerprint density at radius 1 is 1.26 bits per heavy atom. The highest BCUT2D eigenvalue weighted by atomic mass is 32.2. The molecule has 31 heavy (non-hydrogen) atoms. The predicted octanol–water partition coefficient (Wildman–Crippen LogP) is 2.46. The van der Waals surface area contributed by atoms with E-state index in [1.165, 1.54) is 12.1 Å². The summed E-state index contributed by atoms with van der Waals surface area (Å²) in [4.78, 5) is 12.3. The van der Waals surface area contributed by atoms with Crippen LogP contribution >= 0.6 is 0 Å². The van der Waals surface area contributed by atoms with Gasteiger partial charge in [-0.05, 0) is 44.4 Å². The Hall–Kier alpha value is -3.05. The number of benzene rings is 1. The Balaban J connectivity index is 1.33. The molecule has 3 aromatic rings. The number of nitrogens with zero attached hydrogens (tertiary/aromatic N) is 3. The normalized spacial score (nSPS) is 21.9. The number of fused-ring (bicyclic) bond motifs is 1. The van der Waals surface area contributed by atoms with E-state index in [0.29, 0.717) is 11.4 Å². The second-order valence-electron chi connectivity index (χ2n) is 7.99. The van der Waals surface area contributed by atoms with Crippen LogP contribution in [0.2, 0.25) is 0 Å². The van der Waals surface area contributed by atoms with Gasteiger partial charge in [0.05, 0.1) is 16.6 Å². The fraction of sp³-hybridized carbons (Fsp3) is 0.350. The Labute approximate surface area is 177 Å². The van der Waals surface area contributed by atoms with E-state index in [4.69, 9.17) is 0 Å². The third-order valence-electron chi connectivity index (χ3n) is 6.04. The molecule has 0 radical (unpaired) electrons. The van der Waals surface area contributed by atoms with Gasteiger partial charge in [-0.3, -0.25) is 9.89 Å². The monoisotopic (exact) mass is 444 g/mol. The van der Waals surface area contributed by atoms with E-state index in [1.54, 1.807) is 23.9 Å². The fourth-order valence-corrected chi connectivity index (χ4v) is 5.58.